The van der Waals surface area contributed by atoms with Crippen molar-refractivity contribution in [3.8, 4) is 0 Å². The first-order valence-electron chi connectivity index (χ1n) is 6.94. The van der Waals surface area contributed by atoms with E-state index in [4.69, 9.17) is 11.6 Å². The molecule has 4 heteroatoms. The van der Waals surface area contributed by atoms with E-state index in [9.17, 15) is 4.39 Å². The normalized spacial score (nSPS) is 12.2. The van der Waals surface area contributed by atoms with Crippen molar-refractivity contribution in [3.05, 3.63) is 64.4 Å². The summed E-state index contributed by atoms with van der Waals surface area (Å²) in [5.74, 6) is -0.209. The minimum Gasteiger partial charge on any atom is -0.365 e. The van der Waals surface area contributed by atoms with Crippen LogP contribution in [-0.4, -0.2) is 14.1 Å². The van der Waals surface area contributed by atoms with Gasteiger partial charge in [-0.1, -0.05) is 29.8 Å². The van der Waals surface area contributed by atoms with Gasteiger partial charge in [-0.3, -0.25) is 0 Å². The third-order valence-corrected chi connectivity index (χ3v) is 3.92. The Bertz CT molecular complexity index is 615. The summed E-state index contributed by atoms with van der Waals surface area (Å²) in [4.78, 5) is 1.92. The predicted molar refractivity (Wildman–Crippen MR) is 87.4 cm³/mol. The zero-order valence-corrected chi connectivity index (χ0v) is 13.3. The van der Waals surface area contributed by atoms with Crippen molar-refractivity contribution in [2.24, 2.45) is 0 Å². The first kappa shape index (κ1) is 15.8. The minimum absolute atomic E-state index is 0.0355. The van der Waals surface area contributed by atoms with E-state index in [-0.39, 0.29) is 11.9 Å². The number of nitrogens with one attached hydrogen (secondary N) is 1. The van der Waals surface area contributed by atoms with Crippen molar-refractivity contribution in [2.45, 2.75) is 19.5 Å². The van der Waals surface area contributed by atoms with Crippen molar-refractivity contribution in [3.63, 3.8) is 0 Å². The summed E-state index contributed by atoms with van der Waals surface area (Å²) in [6.07, 6.45) is 0. The number of benzene rings is 2. The summed E-state index contributed by atoms with van der Waals surface area (Å²) in [7, 11) is 3.74. The van der Waals surface area contributed by atoms with Gasteiger partial charge < -0.3 is 10.2 Å². The lowest BCUT2D eigenvalue weighted by atomic mass is 10.1. The average Bonchev–Trinajstić information content (AvgIpc) is 2.46. The predicted octanol–water partition coefficient (Wildman–Crippen LogP) is 4.40. The van der Waals surface area contributed by atoms with E-state index in [1.54, 1.807) is 6.07 Å². The molecule has 0 amide bonds. The Morgan fingerprint density at radius 1 is 1.24 bits per heavy atom. The van der Waals surface area contributed by atoms with E-state index in [1.165, 1.54) is 0 Å². The molecule has 1 unspecified atom stereocenters. The SMILES string of the molecule is CNCc1ccc(N(C)C(C)c2cccc(Cl)c2)c(F)c1. The molecule has 0 saturated carbocycles. The number of halogens is 2. The summed E-state index contributed by atoms with van der Waals surface area (Å²) in [6, 6.07) is 13.0. The van der Waals surface area contributed by atoms with Gasteiger partial charge in [0.05, 0.1) is 11.7 Å². The molecule has 0 aliphatic carbocycles. The molecule has 2 rings (SSSR count). The van der Waals surface area contributed by atoms with Crippen LogP contribution >= 0.6 is 11.6 Å². The van der Waals surface area contributed by atoms with Crippen LogP contribution in [0.4, 0.5) is 10.1 Å². The van der Waals surface area contributed by atoms with Crippen LogP contribution in [0.3, 0.4) is 0 Å². The maximum atomic E-state index is 14.3. The van der Waals surface area contributed by atoms with Crippen molar-refractivity contribution < 1.29 is 4.39 Å². The van der Waals surface area contributed by atoms with E-state index < -0.39 is 0 Å². The van der Waals surface area contributed by atoms with Gasteiger partial charge in [-0.15, -0.1) is 0 Å². The highest BCUT2D eigenvalue weighted by Gasteiger charge is 2.16. The number of anilines is 1. The molecule has 2 nitrogen and oxygen atoms in total. The molecule has 1 atom stereocenters. The lowest BCUT2D eigenvalue weighted by molar-refractivity contribution is 0.608. The van der Waals surface area contributed by atoms with Crippen LogP contribution in [0, 0.1) is 5.82 Å². The van der Waals surface area contributed by atoms with Crippen LogP contribution in [0.15, 0.2) is 42.5 Å². The first-order chi connectivity index (χ1) is 10.0. The van der Waals surface area contributed by atoms with E-state index in [0.717, 1.165) is 11.1 Å². The second-order valence-electron chi connectivity index (χ2n) is 5.16. The lowest BCUT2D eigenvalue weighted by Gasteiger charge is -2.28. The Kier molecular flexibility index (Phi) is 5.21. The largest absolute Gasteiger partial charge is 0.365 e. The van der Waals surface area contributed by atoms with E-state index in [1.807, 2.05) is 62.3 Å². The molecule has 0 heterocycles. The van der Waals surface area contributed by atoms with Gasteiger partial charge in [-0.05, 0) is 49.4 Å². The van der Waals surface area contributed by atoms with Gasteiger partial charge >= 0.3 is 0 Å². The summed E-state index contributed by atoms with van der Waals surface area (Å²) >= 11 is 6.03. The fourth-order valence-corrected chi connectivity index (χ4v) is 2.55. The van der Waals surface area contributed by atoms with Gasteiger partial charge in [-0.25, -0.2) is 4.39 Å². The molecule has 0 radical (unpaired) electrons. The Balaban J connectivity index is 2.25. The zero-order chi connectivity index (χ0) is 15.4. The molecule has 0 aliphatic heterocycles. The van der Waals surface area contributed by atoms with E-state index in [0.29, 0.717) is 17.3 Å². The van der Waals surface area contributed by atoms with Crippen molar-refractivity contribution in [1.82, 2.24) is 5.32 Å². The summed E-state index contributed by atoms with van der Waals surface area (Å²) < 4.78 is 14.3. The Morgan fingerprint density at radius 3 is 2.62 bits per heavy atom. The molecule has 0 saturated heterocycles. The van der Waals surface area contributed by atoms with Crippen molar-refractivity contribution in [2.75, 3.05) is 19.0 Å². The Labute approximate surface area is 130 Å². The molecule has 0 spiro atoms. The van der Waals surface area contributed by atoms with Crippen LogP contribution in [0.1, 0.15) is 24.1 Å². The van der Waals surface area contributed by atoms with E-state index >= 15 is 0 Å². The summed E-state index contributed by atoms with van der Waals surface area (Å²) in [6.45, 7) is 2.69. The third-order valence-electron chi connectivity index (χ3n) is 3.69. The van der Waals surface area contributed by atoms with E-state index in [2.05, 4.69) is 5.32 Å². The van der Waals surface area contributed by atoms with Gasteiger partial charge in [0.1, 0.15) is 5.82 Å². The van der Waals surface area contributed by atoms with Gasteiger partial charge in [0.15, 0.2) is 0 Å². The fourth-order valence-electron chi connectivity index (χ4n) is 2.35. The standard InChI is InChI=1S/C17H20ClFN2/c1-12(14-5-4-6-15(18)10-14)21(3)17-8-7-13(11-20-2)9-16(17)19/h4-10,12,20H,11H2,1-3H3. The smallest absolute Gasteiger partial charge is 0.146 e. The average molecular weight is 307 g/mol. The highest BCUT2D eigenvalue weighted by molar-refractivity contribution is 6.30. The molecular weight excluding hydrogens is 287 g/mol. The lowest BCUT2D eigenvalue weighted by Crippen LogP contribution is -2.22. The molecule has 0 fully saturated rings. The number of hydrogen-bond acceptors (Lipinski definition) is 2. The minimum atomic E-state index is -0.209. The molecule has 112 valence electrons. The van der Waals surface area contributed by atoms with Crippen LogP contribution in [-0.2, 0) is 6.54 Å². The molecule has 2 aromatic carbocycles. The maximum Gasteiger partial charge on any atom is 0.146 e. The molecule has 0 bridgehead atoms. The van der Waals surface area contributed by atoms with Crippen LogP contribution in [0.2, 0.25) is 5.02 Å². The van der Waals surface area contributed by atoms with Gasteiger partial charge in [0.2, 0.25) is 0 Å². The number of rotatable bonds is 5. The van der Waals surface area contributed by atoms with Gasteiger partial charge in [0.25, 0.3) is 0 Å². The van der Waals surface area contributed by atoms with Crippen molar-refractivity contribution in [1.29, 1.82) is 0 Å². The highest BCUT2D eigenvalue weighted by Crippen LogP contribution is 2.29. The van der Waals surface area contributed by atoms with Crippen LogP contribution in [0.25, 0.3) is 0 Å². The van der Waals surface area contributed by atoms with Gasteiger partial charge in [-0.2, -0.15) is 0 Å². The van der Waals surface area contributed by atoms with Crippen LogP contribution < -0.4 is 10.2 Å². The third kappa shape index (κ3) is 3.74. The monoisotopic (exact) mass is 306 g/mol. The fraction of sp³-hybridized carbons (Fsp3) is 0.294. The second kappa shape index (κ2) is 6.92. The molecule has 1 N–H and O–H groups in total. The number of hydrogen-bond donors (Lipinski definition) is 1. The molecule has 21 heavy (non-hydrogen) atoms. The topological polar surface area (TPSA) is 15.3 Å². The highest BCUT2D eigenvalue weighted by atomic mass is 35.5. The molecule has 0 aliphatic rings. The Morgan fingerprint density at radius 2 is 2.00 bits per heavy atom. The molecule has 0 aromatic heterocycles. The van der Waals surface area contributed by atoms with Crippen molar-refractivity contribution >= 4 is 17.3 Å². The zero-order valence-electron chi connectivity index (χ0n) is 12.5. The molecule has 2 aromatic rings. The van der Waals surface area contributed by atoms with Gasteiger partial charge in [0, 0.05) is 18.6 Å². The maximum absolute atomic E-state index is 14.3. The molecular formula is C17H20ClFN2. The van der Waals surface area contributed by atoms with Crippen LogP contribution in [0.5, 0.6) is 0 Å². The Hall–Kier alpha value is -1.58. The first-order valence-corrected chi connectivity index (χ1v) is 7.32. The summed E-state index contributed by atoms with van der Waals surface area (Å²) in [5.41, 5.74) is 2.58. The quantitative estimate of drug-likeness (QED) is 0.881. The summed E-state index contributed by atoms with van der Waals surface area (Å²) in [5, 5.41) is 3.71. The number of nitrogens with zero attached hydrogens (tertiary/aromatic N) is 1. The second-order valence-corrected chi connectivity index (χ2v) is 5.59.